The summed E-state index contributed by atoms with van der Waals surface area (Å²) in [7, 11) is 0. The number of nitrogens with zero attached hydrogens (tertiary/aromatic N) is 4. The highest BCUT2D eigenvalue weighted by Crippen LogP contribution is 2.48. The van der Waals surface area contributed by atoms with Crippen LogP contribution in [0.3, 0.4) is 0 Å². The highest BCUT2D eigenvalue weighted by atomic mass is 16.5. The minimum absolute atomic E-state index is 0.0498. The molecule has 5 rings (SSSR count). The predicted octanol–water partition coefficient (Wildman–Crippen LogP) is 2.83. The first-order valence-electron chi connectivity index (χ1n) is 12.1. The first-order chi connectivity index (χ1) is 17.3. The zero-order valence-corrected chi connectivity index (χ0v) is 20.3. The Hall–Kier alpha value is -3.74. The summed E-state index contributed by atoms with van der Waals surface area (Å²) in [6, 6.07) is 13.4. The SMILES string of the molecule is CC(C)Oc1ccc(-c2nc(-c3cccc4c3CCC43CCN(C(=O)[C@@H](O)CO)C3)no2)cc1C#N. The standard InChI is InChI=1S/C27H28N4O5/c1-16(2)35-23-7-6-17(12-18(23)13-28)25-29-24(30-36-25)20-4-3-5-21-19(20)8-9-27(21)10-11-31(15-27)26(34)22(33)14-32/h3-7,12,16,22,32-33H,8-11,14-15H2,1-2H3/t22-,27?/m0/s1. The molecule has 1 amide bonds. The Bertz CT molecular complexity index is 1340. The monoisotopic (exact) mass is 488 g/mol. The van der Waals surface area contributed by atoms with Gasteiger partial charge in [-0.05, 0) is 62.4 Å². The number of nitriles is 1. The van der Waals surface area contributed by atoms with Crippen LogP contribution in [-0.4, -0.2) is 63.1 Å². The van der Waals surface area contributed by atoms with Gasteiger partial charge in [-0.25, -0.2) is 0 Å². The number of rotatable bonds is 6. The van der Waals surface area contributed by atoms with Crippen molar-refractivity contribution in [2.75, 3.05) is 19.7 Å². The number of aliphatic hydroxyl groups excluding tert-OH is 2. The second kappa shape index (κ2) is 9.37. The van der Waals surface area contributed by atoms with Crippen LogP contribution in [0.4, 0.5) is 0 Å². The van der Waals surface area contributed by atoms with Gasteiger partial charge in [-0.3, -0.25) is 4.79 Å². The van der Waals surface area contributed by atoms with E-state index in [0.29, 0.717) is 41.7 Å². The summed E-state index contributed by atoms with van der Waals surface area (Å²) >= 11 is 0. The molecule has 3 aromatic rings. The lowest BCUT2D eigenvalue weighted by atomic mass is 9.81. The summed E-state index contributed by atoms with van der Waals surface area (Å²) in [6.07, 6.45) is 1.07. The summed E-state index contributed by atoms with van der Waals surface area (Å²) in [6.45, 7) is 4.29. The van der Waals surface area contributed by atoms with E-state index >= 15 is 0 Å². The number of carbonyl (C=O) groups is 1. The molecule has 1 aliphatic carbocycles. The number of ether oxygens (including phenoxy) is 1. The number of likely N-dealkylation sites (tertiary alicyclic amines) is 1. The Morgan fingerprint density at radius 2 is 2.14 bits per heavy atom. The largest absolute Gasteiger partial charge is 0.490 e. The molecule has 2 N–H and O–H groups in total. The normalized spacial score (nSPS) is 19.5. The minimum Gasteiger partial charge on any atom is -0.490 e. The van der Waals surface area contributed by atoms with Crippen LogP contribution in [0.15, 0.2) is 40.9 Å². The first kappa shape index (κ1) is 24.0. The second-order valence-electron chi connectivity index (χ2n) is 9.73. The summed E-state index contributed by atoms with van der Waals surface area (Å²) in [5.41, 5.74) is 4.05. The molecule has 0 saturated carbocycles. The molecule has 1 aliphatic heterocycles. The van der Waals surface area contributed by atoms with Crippen molar-refractivity contribution in [1.29, 1.82) is 5.26 Å². The Morgan fingerprint density at radius 3 is 2.89 bits per heavy atom. The molecule has 0 bridgehead atoms. The van der Waals surface area contributed by atoms with Gasteiger partial charge in [-0.1, -0.05) is 23.4 Å². The van der Waals surface area contributed by atoms with E-state index in [2.05, 4.69) is 22.3 Å². The second-order valence-corrected chi connectivity index (χ2v) is 9.73. The average molecular weight is 489 g/mol. The number of carbonyl (C=O) groups excluding carboxylic acids is 1. The molecule has 0 radical (unpaired) electrons. The molecule has 9 heteroatoms. The average Bonchev–Trinajstić information content (AvgIpc) is 3.63. The lowest BCUT2D eigenvalue weighted by molar-refractivity contribution is -0.141. The van der Waals surface area contributed by atoms with Crippen molar-refractivity contribution in [1.82, 2.24) is 15.0 Å². The van der Waals surface area contributed by atoms with E-state index in [1.54, 1.807) is 23.1 Å². The molecule has 2 atom stereocenters. The van der Waals surface area contributed by atoms with E-state index in [0.717, 1.165) is 30.4 Å². The summed E-state index contributed by atoms with van der Waals surface area (Å²) < 4.78 is 11.3. The lowest BCUT2D eigenvalue weighted by Gasteiger charge is -2.26. The van der Waals surface area contributed by atoms with E-state index in [4.69, 9.17) is 14.4 Å². The smallest absolute Gasteiger partial charge is 0.258 e. The number of hydrogen-bond donors (Lipinski definition) is 2. The molecule has 2 aliphatic rings. The van der Waals surface area contributed by atoms with Crippen molar-refractivity contribution < 1.29 is 24.3 Å². The fourth-order valence-corrected chi connectivity index (χ4v) is 5.39. The summed E-state index contributed by atoms with van der Waals surface area (Å²) in [5, 5.41) is 32.7. The number of aliphatic hydroxyl groups is 2. The third-order valence-corrected chi connectivity index (χ3v) is 7.10. The highest BCUT2D eigenvalue weighted by molar-refractivity contribution is 5.81. The Morgan fingerprint density at radius 1 is 1.31 bits per heavy atom. The van der Waals surface area contributed by atoms with Crippen LogP contribution in [0.25, 0.3) is 22.8 Å². The molecule has 1 spiro atoms. The van der Waals surface area contributed by atoms with E-state index in [-0.39, 0.29) is 11.5 Å². The molecule has 1 unspecified atom stereocenters. The molecular formula is C27H28N4O5. The van der Waals surface area contributed by atoms with Gasteiger partial charge < -0.3 is 24.4 Å². The van der Waals surface area contributed by atoms with Crippen molar-refractivity contribution in [3.8, 4) is 34.7 Å². The van der Waals surface area contributed by atoms with Crippen LogP contribution in [0, 0.1) is 11.3 Å². The van der Waals surface area contributed by atoms with Crippen molar-refractivity contribution >= 4 is 5.91 Å². The summed E-state index contributed by atoms with van der Waals surface area (Å²) in [5.74, 6) is 0.876. The van der Waals surface area contributed by atoms with Crippen molar-refractivity contribution in [3.05, 3.63) is 53.1 Å². The fraction of sp³-hybridized carbons (Fsp3) is 0.407. The van der Waals surface area contributed by atoms with Crippen LogP contribution in [-0.2, 0) is 16.6 Å². The zero-order valence-electron chi connectivity index (χ0n) is 20.3. The number of amides is 1. The molecule has 2 heterocycles. The molecule has 1 aromatic heterocycles. The highest BCUT2D eigenvalue weighted by Gasteiger charge is 2.46. The van der Waals surface area contributed by atoms with Crippen LogP contribution in [0.1, 0.15) is 43.4 Å². The van der Waals surface area contributed by atoms with Crippen LogP contribution in [0.2, 0.25) is 0 Å². The third kappa shape index (κ3) is 4.12. The Labute approximate surface area is 208 Å². The van der Waals surface area contributed by atoms with Gasteiger partial charge >= 0.3 is 0 Å². The Kier molecular flexibility index (Phi) is 6.24. The summed E-state index contributed by atoms with van der Waals surface area (Å²) in [4.78, 5) is 18.7. The van der Waals surface area contributed by atoms with Gasteiger partial charge in [0, 0.05) is 29.6 Å². The van der Waals surface area contributed by atoms with Gasteiger partial charge in [0.25, 0.3) is 11.8 Å². The Balaban J connectivity index is 1.43. The maximum absolute atomic E-state index is 12.4. The number of benzene rings is 2. The van der Waals surface area contributed by atoms with Gasteiger partial charge in [0.15, 0.2) is 6.10 Å². The van der Waals surface area contributed by atoms with Crippen LogP contribution < -0.4 is 4.74 Å². The number of aromatic nitrogens is 2. The van der Waals surface area contributed by atoms with Gasteiger partial charge in [-0.15, -0.1) is 0 Å². The molecule has 1 fully saturated rings. The topological polar surface area (TPSA) is 133 Å². The maximum Gasteiger partial charge on any atom is 0.258 e. The molecular weight excluding hydrogens is 460 g/mol. The van der Waals surface area contributed by atoms with Crippen LogP contribution in [0.5, 0.6) is 5.75 Å². The predicted molar refractivity (Wildman–Crippen MR) is 130 cm³/mol. The van der Waals surface area contributed by atoms with Gasteiger partial charge in [0.2, 0.25) is 5.82 Å². The van der Waals surface area contributed by atoms with Crippen LogP contribution >= 0.6 is 0 Å². The minimum atomic E-state index is -1.38. The van der Waals surface area contributed by atoms with Crippen molar-refractivity contribution in [3.63, 3.8) is 0 Å². The van der Waals surface area contributed by atoms with E-state index in [1.165, 1.54) is 5.56 Å². The molecule has 36 heavy (non-hydrogen) atoms. The molecule has 9 nitrogen and oxygen atoms in total. The molecule has 2 aromatic carbocycles. The van der Waals surface area contributed by atoms with Gasteiger partial charge in [0.1, 0.15) is 11.8 Å². The molecule has 186 valence electrons. The quantitative estimate of drug-likeness (QED) is 0.541. The van der Waals surface area contributed by atoms with E-state index in [1.807, 2.05) is 26.0 Å². The fourth-order valence-electron chi connectivity index (χ4n) is 5.39. The first-order valence-corrected chi connectivity index (χ1v) is 12.1. The van der Waals surface area contributed by atoms with Gasteiger partial charge in [0.05, 0.1) is 18.3 Å². The number of hydrogen-bond acceptors (Lipinski definition) is 8. The van der Waals surface area contributed by atoms with E-state index in [9.17, 15) is 15.2 Å². The lowest BCUT2D eigenvalue weighted by Crippen LogP contribution is -2.41. The third-order valence-electron chi connectivity index (χ3n) is 7.10. The maximum atomic E-state index is 12.4. The van der Waals surface area contributed by atoms with Gasteiger partial charge in [-0.2, -0.15) is 10.2 Å². The zero-order chi connectivity index (χ0) is 25.4. The molecule has 1 saturated heterocycles. The number of fused-ring (bicyclic) bond motifs is 2. The van der Waals surface area contributed by atoms with E-state index < -0.39 is 18.6 Å². The van der Waals surface area contributed by atoms with Crippen molar-refractivity contribution in [2.45, 2.75) is 50.7 Å². The van der Waals surface area contributed by atoms with Crippen molar-refractivity contribution in [2.24, 2.45) is 0 Å².